The number of ether oxygens (including phenoxy) is 3. The number of imidazole rings is 1. The number of carbonyl (C=O) groups excluding carboxylic acids is 3. The third-order valence-electron chi connectivity index (χ3n) is 12.3. The molecule has 2 amide bonds. The summed E-state index contributed by atoms with van der Waals surface area (Å²) in [5.41, 5.74) is 4.27. The summed E-state index contributed by atoms with van der Waals surface area (Å²) in [5.74, 6) is -1.08. The molecule has 2 aliphatic heterocycles. The molecule has 2 fully saturated rings. The molecule has 4 heterocycles. The van der Waals surface area contributed by atoms with Crippen LogP contribution in [0, 0.1) is 5.41 Å². The van der Waals surface area contributed by atoms with Crippen molar-refractivity contribution in [3.63, 3.8) is 0 Å². The molecule has 0 bridgehead atoms. The maximum absolute atomic E-state index is 12.8. The first-order valence-corrected chi connectivity index (χ1v) is 30.5. The molecule has 2 aromatic rings. The fourth-order valence-electron chi connectivity index (χ4n) is 7.98. The molecule has 28 nitrogen and oxygen atoms in total. The first kappa shape index (κ1) is 64.9. The summed E-state index contributed by atoms with van der Waals surface area (Å²) < 4.78 is 73.7. The van der Waals surface area contributed by atoms with Gasteiger partial charge in [-0.2, -0.15) is 4.31 Å². The van der Waals surface area contributed by atoms with Gasteiger partial charge in [-0.15, -0.1) is 0 Å². The smallest absolute Gasteiger partial charge is 0.390 e. The van der Waals surface area contributed by atoms with Crippen molar-refractivity contribution in [3.8, 4) is 0 Å². The van der Waals surface area contributed by atoms with Crippen LogP contribution in [0.25, 0.3) is 11.2 Å². The number of anilines is 1. The third-order valence-corrected chi connectivity index (χ3v) is 16.3. The number of amides is 2. The monoisotopic (exact) mass is 1150 g/mol. The van der Waals surface area contributed by atoms with Crippen molar-refractivity contribution in [3.05, 3.63) is 12.7 Å². The normalized spacial score (nSPS) is 24.4. The second-order valence-electron chi connectivity index (χ2n) is 19.1. The van der Waals surface area contributed by atoms with Gasteiger partial charge in [0.1, 0.15) is 42.4 Å². The van der Waals surface area contributed by atoms with Crippen molar-refractivity contribution >= 4 is 69.1 Å². The molecule has 2 aliphatic rings. The second-order valence-corrected chi connectivity index (χ2v) is 24.5. The van der Waals surface area contributed by atoms with Gasteiger partial charge in [-0.1, -0.05) is 96.2 Å². The molecule has 75 heavy (non-hydrogen) atoms. The van der Waals surface area contributed by atoms with Crippen LogP contribution in [-0.2, 0) is 60.2 Å². The van der Waals surface area contributed by atoms with Gasteiger partial charge in [-0.05, 0) is 19.8 Å². The molecule has 0 spiro atoms. The number of nitrogens with one attached hydrogen (secondary N) is 2. The van der Waals surface area contributed by atoms with Crippen LogP contribution in [0.5, 0.6) is 0 Å². The van der Waals surface area contributed by atoms with Crippen molar-refractivity contribution in [1.29, 1.82) is 0 Å². The Kier molecular flexibility index (Phi) is 27.1. The zero-order chi connectivity index (χ0) is 55.4. The highest BCUT2D eigenvalue weighted by atomic mass is 32.2. The zero-order valence-electron chi connectivity index (χ0n) is 42.4. The molecule has 0 radical (unpaired) electrons. The van der Waals surface area contributed by atoms with Gasteiger partial charge in [0, 0.05) is 50.1 Å². The fraction of sp³-hybridized carbons (Fsp3) is 0.814. The van der Waals surface area contributed by atoms with Crippen molar-refractivity contribution in [2.45, 2.75) is 179 Å². The highest BCUT2D eigenvalue weighted by Crippen LogP contribution is 2.61. The van der Waals surface area contributed by atoms with Crippen LogP contribution < -0.4 is 16.4 Å². The van der Waals surface area contributed by atoms with Gasteiger partial charge in [0.05, 0.1) is 31.7 Å². The van der Waals surface area contributed by atoms with Crippen LogP contribution in [0.2, 0.25) is 0 Å². The summed E-state index contributed by atoms with van der Waals surface area (Å²) in [6.45, 7) is 2.81. The van der Waals surface area contributed by atoms with Gasteiger partial charge in [0.2, 0.25) is 11.8 Å². The van der Waals surface area contributed by atoms with Crippen LogP contribution in [-0.4, -0.2) is 164 Å². The fourth-order valence-corrected chi connectivity index (χ4v) is 11.5. The predicted octanol–water partition coefficient (Wildman–Crippen LogP) is 3.00. The number of hydrogen-bond donors (Lipinski definition) is 11. The van der Waals surface area contributed by atoms with E-state index in [9.17, 15) is 68.1 Å². The van der Waals surface area contributed by atoms with Crippen LogP contribution in [0.3, 0.4) is 0 Å². The summed E-state index contributed by atoms with van der Waals surface area (Å²) in [6, 6.07) is 0. The summed E-state index contributed by atoms with van der Waals surface area (Å²) in [4.78, 5) is 88.6. The summed E-state index contributed by atoms with van der Waals surface area (Å²) in [6.07, 6.45) is 5.61. The molecule has 12 N–H and O–H groups in total. The molecule has 2 saturated heterocycles. The third kappa shape index (κ3) is 23.0. The van der Waals surface area contributed by atoms with Gasteiger partial charge in [0.25, 0.3) is 0 Å². The standard InChI is InChI=1S/C43H76N7O21P3S/c1-28-29(51)23-30(52)42(68-28)65-21-16-14-12-10-8-6-4-5-7-9-11-13-15-17-33(54)75-22-20-45-32(53)18-19-46-40(57)37(56)43(2,3)25-67-74(63,64)71-73(61,62)66-24-31-36(70-72(58,59)60)35(55)41(69-31)50-27-49-34-38(44)47-26-48-39(34)50/h26-31,35-37,41-42,51-52,55-56H,4-25H2,1-3H3,(H,45,53)(H,46,57)(H,61,62)(H,63,64)(H2,44,47,48)(H2,58,59,60)/t28-,29+,30+,31+,35+,36+,37-,41+,42+/m0/s1. The van der Waals surface area contributed by atoms with Crippen molar-refractivity contribution < 1.29 is 100 Å². The van der Waals surface area contributed by atoms with E-state index in [-0.39, 0.29) is 54.1 Å². The number of nitrogens with two attached hydrogens (primary N) is 1. The number of nitrogen functional groups attached to an aromatic ring is 1. The topological polar surface area (TPSA) is 423 Å². The average Bonchev–Trinajstić information content (AvgIpc) is 3.89. The van der Waals surface area contributed by atoms with E-state index in [0.717, 1.165) is 73.9 Å². The Bertz CT molecular complexity index is 2250. The van der Waals surface area contributed by atoms with Crippen LogP contribution in [0.4, 0.5) is 5.82 Å². The van der Waals surface area contributed by atoms with Crippen molar-refractivity contribution in [2.24, 2.45) is 5.41 Å². The molecule has 430 valence electrons. The molecule has 0 aliphatic carbocycles. The number of phosphoric acid groups is 3. The number of hydrogen-bond acceptors (Lipinski definition) is 22. The summed E-state index contributed by atoms with van der Waals surface area (Å²) in [5, 5.41) is 46.4. The minimum absolute atomic E-state index is 0.0281. The minimum Gasteiger partial charge on any atom is -0.390 e. The number of unbranched alkanes of at least 4 members (excludes halogenated alkanes) is 12. The highest BCUT2D eigenvalue weighted by molar-refractivity contribution is 8.13. The number of nitrogens with zero attached hydrogens (tertiary/aromatic N) is 4. The molecule has 0 aromatic carbocycles. The van der Waals surface area contributed by atoms with Gasteiger partial charge in [-0.3, -0.25) is 32.5 Å². The number of fused-ring (bicyclic) bond motifs is 1. The lowest BCUT2D eigenvalue weighted by molar-refractivity contribution is -0.261. The van der Waals surface area contributed by atoms with E-state index in [4.69, 9.17) is 29.0 Å². The number of thioether (sulfide) groups is 1. The minimum atomic E-state index is -5.59. The number of aliphatic hydroxyl groups excluding tert-OH is 4. The van der Waals surface area contributed by atoms with Gasteiger partial charge in [-0.25, -0.2) is 28.6 Å². The molecule has 2 unspecified atom stereocenters. The molecule has 11 atom stereocenters. The highest BCUT2D eigenvalue weighted by Gasteiger charge is 2.50. The van der Waals surface area contributed by atoms with Crippen LogP contribution >= 0.6 is 35.2 Å². The number of aromatic nitrogens is 4. The number of aliphatic hydroxyl groups is 4. The van der Waals surface area contributed by atoms with Gasteiger partial charge < -0.3 is 70.6 Å². The predicted molar refractivity (Wildman–Crippen MR) is 269 cm³/mol. The van der Waals surface area contributed by atoms with E-state index in [2.05, 4.69) is 34.4 Å². The van der Waals surface area contributed by atoms with E-state index in [1.807, 2.05) is 0 Å². The zero-order valence-corrected chi connectivity index (χ0v) is 45.9. The van der Waals surface area contributed by atoms with E-state index in [1.165, 1.54) is 52.4 Å². The van der Waals surface area contributed by atoms with Crippen molar-refractivity contribution in [2.75, 3.05) is 44.4 Å². The Labute approximate surface area is 439 Å². The van der Waals surface area contributed by atoms with E-state index in [1.54, 1.807) is 6.92 Å². The lowest BCUT2D eigenvalue weighted by atomic mass is 9.87. The van der Waals surface area contributed by atoms with E-state index in [0.29, 0.717) is 18.8 Å². The van der Waals surface area contributed by atoms with Crippen LogP contribution in [0.15, 0.2) is 12.7 Å². The van der Waals surface area contributed by atoms with Gasteiger partial charge in [0.15, 0.2) is 29.1 Å². The molecular weight excluding hydrogens is 1080 g/mol. The number of carbonyl (C=O) groups is 3. The Morgan fingerprint density at radius 2 is 1.45 bits per heavy atom. The quantitative estimate of drug-likeness (QED) is 0.0345. The Hall–Kier alpha value is -2.60. The first-order chi connectivity index (χ1) is 35.3. The van der Waals surface area contributed by atoms with E-state index < -0.39 is 103 Å². The Morgan fingerprint density at radius 1 is 0.840 bits per heavy atom. The Morgan fingerprint density at radius 3 is 2.09 bits per heavy atom. The second kappa shape index (κ2) is 31.3. The molecule has 4 rings (SSSR count). The van der Waals surface area contributed by atoms with Crippen LogP contribution in [0.1, 0.15) is 130 Å². The number of phosphoric ester groups is 3. The Balaban J connectivity index is 0.999. The van der Waals surface area contributed by atoms with E-state index >= 15 is 0 Å². The largest absolute Gasteiger partial charge is 0.481 e. The SMILES string of the molecule is C[C@@H]1O[C@@H](OCCCCCCCCCCCCCCCC(=O)SCCNC(=O)CCNC(=O)[C@H](O)C(C)(C)COP(=O)(O)OP(=O)(O)OC[C@H]2O[C@@H](n3cnc4c(N)ncnc43)[C@H](O)[C@@H]2OP(=O)(O)O)[C@H](O)C[C@H]1O. The molecular formula is C43H76N7O21P3S. The lowest BCUT2D eigenvalue weighted by Gasteiger charge is -2.35. The lowest BCUT2D eigenvalue weighted by Crippen LogP contribution is -2.47. The number of rotatable bonds is 36. The van der Waals surface area contributed by atoms with Crippen molar-refractivity contribution in [1.82, 2.24) is 30.2 Å². The summed E-state index contributed by atoms with van der Waals surface area (Å²) >= 11 is 1.13. The molecule has 2 aromatic heterocycles. The maximum atomic E-state index is 12.8. The summed E-state index contributed by atoms with van der Waals surface area (Å²) in [7, 11) is -16.4. The molecule has 0 saturated carbocycles. The van der Waals surface area contributed by atoms with Gasteiger partial charge >= 0.3 is 23.5 Å². The first-order valence-electron chi connectivity index (χ1n) is 25.0. The maximum Gasteiger partial charge on any atom is 0.481 e. The average molecular weight is 1150 g/mol. The molecule has 32 heteroatoms.